The minimum absolute atomic E-state index is 0.289. The molecule has 16 heavy (non-hydrogen) atoms. The fourth-order valence-electron chi connectivity index (χ4n) is 1.09. The van der Waals surface area contributed by atoms with Gasteiger partial charge in [-0.2, -0.15) is 0 Å². The van der Waals surface area contributed by atoms with Crippen LogP contribution in [0.2, 0.25) is 0 Å². The van der Waals surface area contributed by atoms with Gasteiger partial charge < -0.3 is 0 Å². The standard InChI is InChI=1S/C10H4ClF5/c1-4(2-3-11)5-6(12)8(14)10(16)9(15)7(5)13/h3H,1H3. The second-order valence-electron chi connectivity index (χ2n) is 2.82. The van der Waals surface area contributed by atoms with Crippen molar-refractivity contribution in [3.63, 3.8) is 0 Å². The van der Waals surface area contributed by atoms with E-state index in [-0.39, 0.29) is 5.57 Å². The van der Waals surface area contributed by atoms with E-state index < -0.39 is 34.6 Å². The van der Waals surface area contributed by atoms with E-state index in [9.17, 15) is 22.0 Å². The van der Waals surface area contributed by atoms with Crippen LogP contribution in [0.4, 0.5) is 22.0 Å². The highest BCUT2D eigenvalue weighted by molar-refractivity contribution is 6.25. The molecule has 1 rings (SSSR count). The van der Waals surface area contributed by atoms with Gasteiger partial charge in [0.05, 0.1) is 5.56 Å². The molecule has 0 amide bonds. The zero-order valence-corrected chi connectivity index (χ0v) is 8.60. The molecule has 0 aliphatic heterocycles. The van der Waals surface area contributed by atoms with Crippen molar-refractivity contribution in [3.05, 3.63) is 45.9 Å². The second kappa shape index (κ2) is 4.68. The van der Waals surface area contributed by atoms with Crippen molar-refractivity contribution < 1.29 is 22.0 Å². The molecule has 0 unspecified atom stereocenters. The van der Waals surface area contributed by atoms with Crippen molar-refractivity contribution in [1.29, 1.82) is 0 Å². The molecule has 6 heteroatoms. The van der Waals surface area contributed by atoms with Crippen LogP contribution in [0.25, 0.3) is 5.57 Å². The molecule has 0 spiro atoms. The van der Waals surface area contributed by atoms with Crippen molar-refractivity contribution in [2.45, 2.75) is 6.92 Å². The molecule has 0 nitrogen and oxygen atoms in total. The molecule has 0 aliphatic rings. The average molecular weight is 255 g/mol. The van der Waals surface area contributed by atoms with Crippen LogP contribution >= 0.6 is 11.6 Å². The first kappa shape index (κ1) is 12.7. The maximum atomic E-state index is 13.1. The summed E-state index contributed by atoms with van der Waals surface area (Å²) < 4.78 is 64.4. The minimum atomic E-state index is -2.19. The summed E-state index contributed by atoms with van der Waals surface area (Å²) in [4.78, 5) is 0. The van der Waals surface area contributed by atoms with Gasteiger partial charge in [0, 0.05) is 11.1 Å². The SMILES string of the molecule is CC(=C=CCl)c1c(F)c(F)c(F)c(F)c1F. The number of halogens is 6. The normalized spacial score (nSPS) is 9.94. The zero-order chi connectivity index (χ0) is 12.5. The number of hydrogen-bond donors (Lipinski definition) is 0. The lowest BCUT2D eigenvalue weighted by Gasteiger charge is -2.06. The fourth-order valence-corrected chi connectivity index (χ4v) is 1.25. The van der Waals surface area contributed by atoms with E-state index in [1.165, 1.54) is 0 Å². The Kier molecular flexibility index (Phi) is 3.73. The lowest BCUT2D eigenvalue weighted by molar-refractivity contribution is 0.376. The summed E-state index contributed by atoms with van der Waals surface area (Å²) >= 11 is 5.10. The quantitative estimate of drug-likeness (QED) is 0.306. The Labute approximate surface area is 92.6 Å². The molecular formula is C10H4ClF5. The molecule has 0 saturated carbocycles. The highest BCUT2D eigenvalue weighted by atomic mass is 35.5. The molecule has 0 radical (unpaired) electrons. The molecule has 1 aromatic carbocycles. The van der Waals surface area contributed by atoms with Gasteiger partial charge in [0.2, 0.25) is 5.82 Å². The topological polar surface area (TPSA) is 0 Å². The molecule has 0 saturated heterocycles. The van der Waals surface area contributed by atoms with Crippen molar-refractivity contribution in [2.75, 3.05) is 0 Å². The Bertz CT molecular complexity index is 471. The van der Waals surface area contributed by atoms with Crippen LogP contribution in [0.1, 0.15) is 12.5 Å². The first-order valence-corrected chi connectivity index (χ1v) is 4.39. The van der Waals surface area contributed by atoms with Crippen molar-refractivity contribution in [3.8, 4) is 0 Å². The van der Waals surface area contributed by atoms with E-state index in [0.717, 1.165) is 12.5 Å². The first-order valence-electron chi connectivity index (χ1n) is 3.95. The van der Waals surface area contributed by atoms with Gasteiger partial charge in [-0.3, -0.25) is 0 Å². The van der Waals surface area contributed by atoms with Crippen molar-refractivity contribution >= 4 is 17.2 Å². The molecule has 86 valence electrons. The van der Waals surface area contributed by atoms with E-state index in [1.54, 1.807) is 0 Å². The third kappa shape index (κ3) is 1.96. The van der Waals surface area contributed by atoms with E-state index in [4.69, 9.17) is 11.6 Å². The Morgan fingerprint density at radius 3 is 1.69 bits per heavy atom. The predicted molar refractivity (Wildman–Crippen MR) is 49.2 cm³/mol. The smallest absolute Gasteiger partial charge is 0.200 e. The largest absolute Gasteiger partial charge is 0.203 e. The first-order chi connectivity index (χ1) is 7.41. The summed E-state index contributed by atoms with van der Waals surface area (Å²) in [6.07, 6.45) is 0. The summed E-state index contributed by atoms with van der Waals surface area (Å²) in [6.45, 7) is 1.12. The van der Waals surface area contributed by atoms with Gasteiger partial charge in [-0.1, -0.05) is 11.6 Å². The molecule has 0 N–H and O–H groups in total. The van der Waals surface area contributed by atoms with Crippen LogP contribution in [0.5, 0.6) is 0 Å². The second-order valence-corrected chi connectivity index (χ2v) is 3.04. The molecule has 0 aliphatic carbocycles. The van der Waals surface area contributed by atoms with Gasteiger partial charge in [-0.05, 0) is 6.92 Å². The Hall–Kier alpha value is -1.32. The molecule has 0 heterocycles. The Balaban J connectivity index is 3.71. The van der Waals surface area contributed by atoms with E-state index in [1.807, 2.05) is 0 Å². The Morgan fingerprint density at radius 1 is 0.938 bits per heavy atom. The van der Waals surface area contributed by atoms with E-state index in [2.05, 4.69) is 5.73 Å². The van der Waals surface area contributed by atoms with Crippen LogP contribution in [0.15, 0.2) is 11.3 Å². The average Bonchev–Trinajstić information content (AvgIpc) is 2.24. The third-order valence-electron chi connectivity index (χ3n) is 1.86. The summed E-state index contributed by atoms with van der Waals surface area (Å²) in [7, 11) is 0. The van der Waals surface area contributed by atoms with Crippen LogP contribution in [0.3, 0.4) is 0 Å². The molecule has 0 atom stereocenters. The van der Waals surface area contributed by atoms with Gasteiger partial charge in [0.25, 0.3) is 0 Å². The minimum Gasteiger partial charge on any atom is -0.203 e. The molecule has 0 fully saturated rings. The molecule has 1 aromatic rings. The van der Waals surface area contributed by atoms with Crippen molar-refractivity contribution in [2.24, 2.45) is 0 Å². The maximum Gasteiger partial charge on any atom is 0.200 e. The lowest BCUT2D eigenvalue weighted by atomic mass is 10.1. The van der Waals surface area contributed by atoms with E-state index >= 15 is 0 Å². The maximum absolute atomic E-state index is 13.1. The van der Waals surface area contributed by atoms with Crippen molar-refractivity contribution in [1.82, 2.24) is 0 Å². The van der Waals surface area contributed by atoms with Gasteiger partial charge in [-0.15, -0.1) is 5.73 Å². The summed E-state index contributed by atoms with van der Waals surface area (Å²) in [5.74, 6) is -9.99. The summed E-state index contributed by atoms with van der Waals surface area (Å²) in [6, 6.07) is 0. The molecular weight excluding hydrogens is 251 g/mol. The van der Waals surface area contributed by atoms with Gasteiger partial charge >= 0.3 is 0 Å². The fraction of sp³-hybridized carbons (Fsp3) is 0.100. The highest BCUT2D eigenvalue weighted by Gasteiger charge is 2.26. The predicted octanol–water partition coefficient (Wildman–Crippen LogP) is 4.14. The number of rotatable bonds is 1. The molecule has 0 aromatic heterocycles. The molecule has 0 bridgehead atoms. The van der Waals surface area contributed by atoms with Gasteiger partial charge in [0.1, 0.15) is 0 Å². The summed E-state index contributed by atoms with van der Waals surface area (Å²) in [5, 5.41) is 0. The number of hydrogen-bond acceptors (Lipinski definition) is 0. The van der Waals surface area contributed by atoms with Crippen LogP contribution < -0.4 is 0 Å². The monoisotopic (exact) mass is 254 g/mol. The van der Waals surface area contributed by atoms with Crippen LogP contribution in [0, 0.1) is 29.1 Å². The lowest BCUT2D eigenvalue weighted by Crippen LogP contribution is -2.05. The van der Waals surface area contributed by atoms with Crippen LogP contribution in [-0.2, 0) is 0 Å². The van der Waals surface area contributed by atoms with E-state index in [0.29, 0.717) is 0 Å². The zero-order valence-electron chi connectivity index (χ0n) is 7.85. The number of allylic oxidation sites excluding steroid dienone is 1. The highest BCUT2D eigenvalue weighted by Crippen LogP contribution is 2.27. The van der Waals surface area contributed by atoms with Gasteiger partial charge in [-0.25, -0.2) is 22.0 Å². The van der Waals surface area contributed by atoms with Crippen LogP contribution in [-0.4, -0.2) is 0 Å². The van der Waals surface area contributed by atoms with Gasteiger partial charge in [0.15, 0.2) is 23.3 Å². The Morgan fingerprint density at radius 2 is 1.31 bits per heavy atom. The third-order valence-corrected chi connectivity index (χ3v) is 1.96. The summed E-state index contributed by atoms with van der Waals surface area (Å²) in [5.41, 5.74) is 1.60. The number of benzene rings is 1.